The van der Waals surface area contributed by atoms with Crippen molar-refractivity contribution in [2.75, 3.05) is 13.2 Å². The number of carboxylic acids is 1. The molecule has 0 spiro atoms. The number of likely N-dealkylation sites (tertiary alicyclic amines) is 2. The molecule has 6 heteroatoms. The average Bonchev–Trinajstić information content (AvgIpc) is 2.77. The predicted octanol–water partition coefficient (Wildman–Crippen LogP) is 2.90. The summed E-state index contributed by atoms with van der Waals surface area (Å²) >= 11 is 0. The molecule has 2 saturated heterocycles. The van der Waals surface area contributed by atoms with Crippen molar-refractivity contribution in [1.29, 1.82) is 0 Å². The molecule has 2 heterocycles. The summed E-state index contributed by atoms with van der Waals surface area (Å²) in [7, 11) is 0. The van der Waals surface area contributed by atoms with E-state index in [1.54, 1.807) is 6.92 Å². The van der Waals surface area contributed by atoms with E-state index in [1.807, 2.05) is 24.3 Å². The number of aliphatic carboxylic acids is 1. The van der Waals surface area contributed by atoms with Gasteiger partial charge in [-0.05, 0) is 25.3 Å². The molecule has 28 heavy (non-hydrogen) atoms. The Hall–Kier alpha value is -2.08. The number of amides is 1. The molecule has 1 aromatic carbocycles. The number of rotatable bonds is 5. The number of ether oxygens (including phenoxy) is 1. The first-order valence-corrected chi connectivity index (χ1v) is 10.4. The van der Waals surface area contributed by atoms with Crippen LogP contribution in [0.2, 0.25) is 0 Å². The van der Waals surface area contributed by atoms with Crippen LogP contribution in [0.5, 0.6) is 5.75 Å². The first kappa shape index (κ1) is 19.2. The molecule has 0 aromatic heterocycles. The molecule has 0 radical (unpaired) electrons. The van der Waals surface area contributed by atoms with E-state index in [2.05, 4.69) is 16.7 Å². The highest BCUT2D eigenvalue weighted by Crippen LogP contribution is 2.53. The smallest absolute Gasteiger partial charge is 0.341 e. The third kappa shape index (κ3) is 3.28. The quantitative estimate of drug-likeness (QED) is 0.843. The zero-order valence-corrected chi connectivity index (χ0v) is 16.8. The molecule has 4 rings (SSSR count). The van der Waals surface area contributed by atoms with Crippen LogP contribution in [0, 0.1) is 5.41 Å². The van der Waals surface area contributed by atoms with Crippen molar-refractivity contribution in [1.82, 2.24) is 9.80 Å². The van der Waals surface area contributed by atoms with E-state index in [1.165, 1.54) is 12.8 Å². The number of hydrogen-bond acceptors (Lipinski definition) is 4. The first-order chi connectivity index (χ1) is 13.4. The van der Waals surface area contributed by atoms with Gasteiger partial charge in [0.2, 0.25) is 5.91 Å². The molecule has 1 saturated carbocycles. The molecule has 2 bridgehead atoms. The van der Waals surface area contributed by atoms with Crippen LogP contribution in [0.25, 0.3) is 0 Å². The summed E-state index contributed by atoms with van der Waals surface area (Å²) in [5.41, 5.74) is 1.15. The van der Waals surface area contributed by atoms with Gasteiger partial charge in [0, 0.05) is 49.1 Å². The molecule has 0 unspecified atom stereocenters. The fraction of sp³-hybridized carbons (Fsp3) is 0.636. The van der Waals surface area contributed by atoms with Crippen LogP contribution in [0.4, 0.5) is 0 Å². The molecule has 1 aliphatic carbocycles. The minimum absolute atomic E-state index is 0.127. The summed E-state index contributed by atoms with van der Waals surface area (Å²) < 4.78 is 5.54. The summed E-state index contributed by atoms with van der Waals surface area (Å²) in [6, 6.07) is 8.85. The van der Waals surface area contributed by atoms with Crippen molar-refractivity contribution < 1.29 is 19.4 Å². The lowest BCUT2D eigenvalue weighted by Gasteiger charge is -2.46. The van der Waals surface area contributed by atoms with Gasteiger partial charge in [-0.2, -0.15) is 0 Å². The fourth-order valence-corrected chi connectivity index (χ4v) is 5.99. The average molecular weight is 386 g/mol. The number of nitrogens with zero attached hydrogens (tertiary/aromatic N) is 2. The maximum absolute atomic E-state index is 12.4. The van der Waals surface area contributed by atoms with Crippen LogP contribution >= 0.6 is 0 Å². The number of carboxylic acid groups (broad SMARTS) is 1. The van der Waals surface area contributed by atoms with E-state index in [4.69, 9.17) is 9.84 Å². The second-order valence-corrected chi connectivity index (χ2v) is 8.81. The summed E-state index contributed by atoms with van der Waals surface area (Å²) in [4.78, 5) is 28.0. The number of benzene rings is 1. The molecule has 3 aliphatic rings. The second-order valence-electron chi connectivity index (χ2n) is 8.81. The van der Waals surface area contributed by atoms with Gasteiger partial charge in [0.15, 0.2) is 6.61 Å². The van der Waals surface area contributed by atoms with Gasteiger partial charge in [-0.15, -0.1) is 0 Å². The zero-order chi connectivity index (χ0) is 19.9. The molecule has 1 aromatic rings. The molecule has 3 fully saturated rings. The highest BCUT2D eigenvalue weighted by molar-refractivity contribution is 5.74. The molecule has 152 valence electrons. The predicted molar refractivity (Wildman–Crippen MR) is 105 cm³/mol. The van der Waals surface area contributed by atoms with Crippen LogP contribution in [-0.2, 0) is 16.1 Å². The Morgan fingerprint density at radius 1 is 1.21 bits per heavy atom. The summed E-state index contributed by atoms with van der Waals surface area (Å²) in [5.74, 6) is -0.137. The van der Waals surface area contributed by atoms with Crippen molar-refractivity contribution >= 4 is 11.9 Å². The van der Waals surface area contributed by atoms with Crippen molar-refractivity contribution in [3.63, 3.8) is 0 Å². The Kier molecular flexibility index (Phi) is 5.08. The van der Waals surface area contributed by atoms with Gasteiger partial charge in [0.25, 0.3) is 0 Å². The molecule has 6 nitrogen and oxygen atoms in total. The summed E-state index contributed by atoms with van der Waals surface area (Å²) in [5, 5.41) is 8.96. The van der Waals surface area contributed by atoms with Gasteiger partial charge in [0.05, 0.1) is 0 Å². The fourth-order valence-electron chi connectivity index (χ4n) is 5.99. The number of hydrogen-bond donors (Lipinski definition) is 1. The molecule has 2 aliphatic heterocycles. The third-order valence-electron chi connectivity index (χ3n) is 7.14. The standard InChI is InChI=1S/C22H30N2O4/c1-15(25)23-13-17-11-22(2)19(23)9-5-6-10-20(22)24(17)12-16-7-3-4-8-18(16)28-14-21(26)27/h3-4,7-8,17,19-20H,5-6,9-14H2,1-2H3,(H,26,27)/t17-,19+,20-,22+/m0/s1. The number of fused-ring (bicyclic) bond motifs is 1. The number of carbonyl (C=O) groups is 2. The van der Waals surface area contributed by atoms with Crippen molar-refractivity contribution in [3.8, 4) is 5.75 Å². The van der Waals surface area contributed by atoms with E-state index in [-0.39, 0.29) is 17.9 Å². The maximum atomic E-state index is 12.4. The third-order valence-corrected chi connectivity index (χ3v) is 7.14. The molecule has 1 amide bonds. The Bertz CT molecular complexity index is 767. The Morgan fingerprint density at radius 2 is 1.93 bits per heavy atom. The van der Waals surface area contributed by atoms with Gasteiger partial charge >= 0.3 is 5.97 Å². The normalized spacial score (nSPS) is 32.1. The van der Waals surface area contributed by atoms with E-state index >= 15 is 0 Å². The van der Waals surface area contributed by atoms with E-state index in [9.17, 15) is 9.59 Å². The summed E-state index contributed by atoms with van der Waals surface area (Å²) in [6.07, 6.45) is 5.77. The van der Waals surface area contributed by atoms with Crippen LogP contribution in [0.15, 0.2) is 24.3 Å². The van der Waals surface area contributed by atoms with Crippen molar-refractivity contribution in [3.05, 3.63) is 29.8 Å². The monoisotopic (exact) mass is 386 g/mol. The van der Waals surface area contributed by atoms with Crippen LogP contribution in [0.3, 0.4) is 0 Å². The Labute approximate surface area is 166 Å². The number of piperidine rings is 1. The lowest BCUT2D eigenvalue weighted by Crippen LogP contribution is -2.55. The van der Waals surface area contributed by atoms with Crippen molar-refractivity contribution in [2.45, 2.75) is 70.6 Å². The van der Waals surface area contributed by atoms with Gasteiger partial charge in [0.1, 0.15) is 5.75 Å². The van der Waals surface area contributed by atoms with Gasteiger partial charge in [-0.1, -0.05) is 38.0 Å². The second kappa shape index (κ2) is 7.39. The Balaban J connectivity index is 1.63. The highest BCUT2D eigenvalue weighted by atomic mass is 16.5. The lowest BCUT2D eigenvalue weighted by molar-refractivity contribution is -0.139. The minimum atomic E-state index is -0.969. The molecule has 4 atom stereocenters. The Morgan fingerprint density at radius 3 is 2.64 bits per heavy atom. The maximum Gasteiger partial charge on any atom is 0.341 e. The highest BCUT2D eigenvalue weighted by Gasteiger charge is 2.58. The minimum Gasteiger partial charge on any atom is -0.482 e. The van der Waals surface area contributed by atoms with Crippen LogP contribution < -0.4 is 4.74 Å². The number of para-hydroxylation sites is 1. The largest absolute Gasteiger partial charge is 0.482 e. The van der Waals surface area contributed by atoms with Crippen molar-refractivity contribution in [2.24, 2.45) is 5.41 Å². The lowest BCUT2D eigenvalue weighted by atomic mass is 9.71. The summed E-state index contributed by atoms with van der Waals surface area (Å²) in [6.45, 7) is 5.28. The SMILES string of the molecule is CC(=O)N1C[C@@H]2C[C@@]3(C)[C@H](CCCC[C@@H]13)N2Cc1ccccc1OCC(=O)O. The van der Waals surface area contributed by atoms with E-state index in [0.717, 1.165) is 37.9 Å². The molecule has 1 N–H and O–H groups in total. The zero-order valence-electron chi connectivity index (χ0n) is 16.8. The van der Waals surface area contributed by atoms with E-state index < -0.39 is 5.97 Å². The van der Waals surface area contributed by atoms with Gasteiger partial charge in [-0.3, -0.25) is 9.69 Å². The van der Waals surface area contributed by atoms with E-state index in [0.29, 0.717) is 23.9 Å². The molecular formula is C22H30N2O4. The van der Waals surface area contributed by atoms with Gasteiger partial charge < -0.3 is 14.7 Å². The van der Waals surface area contributed by atoms with Crippen LogP contribution in [0.1, 0.15) is 51.5 Å². The molecular weight excluding hydrogens is 356 g/mol. The van der Waals surface area contributed by atoms with Gasteiger partial charge in [-0.25, -0.2) is 4.79 Å². The number of carbonyl (C=O) groups excluding carboxylic acids is 1. The topological polar surface area (TPSA) is 70.1 Å². The first-order valence-electron chi connectivity index (χ1n) is 10.4. The van der Waals surface area contributed by atoms with Crippen LogP contribution in [-0.4, -0.2) is 58.1 Å².